The number of anilines is 1. The maximum absolute atomic E-state index is 8.18. The zero-order chi connectivity index (χ0) is 10.6. The third-order valence-electron chi connectivity index (χ3n) is 1.47. The van der Waals surface area contributed by atoms with E-state index in [0.717, 1.165) is 0 Å². The molecule has 0 saturated carbocycles. The number of nitrogen functional groups attached to an aromatic ring is 1. The SMILES string of the molecule is C/C=N\c1c(C)nc(N=[N+]=[N-])nc1N. The Balaban J connectivity index is 3.31. The maximum Gasteiger partial charge on any atom is 0.218 e. The van der Waals surface area contributed by atoms with E-state index in [-0.39, 0.29) is 11.8 Å². The van der Waals surface area contributed by atoms with Gasteiger partial charge in [-0.05, 0) is 24.5 Å². The first-order valence-electron chi connectivity index (χ1n) is 3.87. The highest BCUT2D eigenvalue weighted by molar-refractivity contribution is 5.69. The van der Waals surface area contributed by atoms with Crippen molar-refractivity contribution in [1.82, 2.24) is 9.97 Å². The third-order valence-corrected chi connectivity index (χ3v) is 1.47. The second-order valence-electron chi connectivity index (χ2n) is 2.42. The molecule has 0 spiro atoms. The number of aryl methyl sites for hydroxylation is 1. The quantitative estimate of drug-likeness (QED) is 0.334. The largest absolute Gasteiger partial charge is 0.382 e. The van der Waals surface area contributed by atoms with Crippen molar-refractivity contribution in [1.29, 1.82) is 0 Å². The van der Waals surface area contributed by atoms with Gasteiger partial charge in [0.15, 0.2) is 5.82 Å². The summed E-state index contributed by atoms with van der Waals surface area (Å²) in [6.45, 7) is 3.48. The number of aliphatic imine (C=N–C) groups is 1. The van der Waals surface area contributed by atoms with Crippen LogP contribution >= 0.6 is 0 Å². The molecule has 0 radical (unpaired) electrons. The molecular weight excluding hydrogens is 182 g/mol. The number of hydrogen-bond acceptors (Lipinski definition) is 5. The van der Waals surface area contributed by atoms with Crippen LogP contribution in [0.4, 0.5) is 17.5 Å². The predicted molar refractivity (Wildman–Crippen MR) is 53.8 cm³/mol. The number of aromatic nitrogens is 2. The Morgan fingerprint density at radius 1 is 1.50 bits per heavy atom. The highest BCUT2D eigenvalue weighted by Gasteiger charge is 2.05. The Labute approximate surface area is 80.3 Å². The lowest BCUT2D eigenvalue weighted by molar-refractivity contribution is 1.08. The summed E-state index contributed by atoms with van der Waals surface area (Å²) in [6.07, 6.45) is 1.59. The normalized spacial score (nSPS) is 10.1. The van der Waals surface area contributed by atoms with Gasteiger partial charge in [0.1, 0.15) is 5.69 Å². The summed E-state index contributed by atoms with van der Waals surface area (Å²) in [4.78, 5) is 14.3. The third kappa shape index (κ3) is 1.96. The molecule has 1 heterocycles. The lowest BCUT2D eigenvalue weighted by atomic mass is 10.3. The Morgan fingerprint density at radius 2 is 2.21 bits per heavy atom. The fourth-order valence-corrected chi connectivity index (χ4v) is 0.947. The fraction of sp³-hybridized carbons (Fsp3) is 0.286. The summed E-state index contributed by atoms with van der Waals surface area (Å²) in [5, 5.41) is 3.26. The van der Waals surface area contributed by atoms with E-state index in [4.69, 9.17) is 11.3 Å². The van der Waals surface area contributed by atoms with Gasteiger partial charge in [0, 0.05) is 11.1 Å². The van der Waals surface area contributed by atoms with Crippen LogP contribution in [0.1, 0.15) is 12.6 Å². The van der Waals surface area contributed by atoms with Gasteiger partial charge in [0.05, 0.1) is 5.69 Å². The van der Waals surface area contributed by atoms with Gasteiger partial charge >= 0.3 is 0 Å². The van der Waals surface area contributed by atoms with Crippen LogP contribution in [0.5, 0.6) is 0 Å². The van der Waals surface area contributed by atoms with Gasteiger partial charge in [0.2, 0.25) is 5.95 Å². The molecular formula is C7H9N7. The van der Waals surface area contributed by atoms with E-state index in [1.807, 2.05) is 0 Å². The molecule has 0 aliphatic carbocycles. The van der Waals surface area contributed by atoms with E-state index in [1.165, 1.54) is 0 Å². The van der Waals surface area contributed by atoms with E-state index < -0.39 is 0 Å². The monoisotopic (exact) mass is 191 g/mol. The fourth-order valence-electron chi connectivity index (χ4n) is 0.947. The van der Waals surface area contributed by atoms with E-state index in [0.29, 0.717) is 11.4 Å². The van der Waals surface area contributed by atoms with Gasteiger partial charge in [-0.1, -0.05) is 0 Å². The molecule has 0 bridgehead atoms. The summed E-state index contributed by atoms with van der Waals surface area (Å²) >= 11 is 0. The van der Waals surface area contributed by atoms with Crippen molar-refractivity contribution >= 4 is 23.7 Å². The topological polar surface area (TPSA) is 113 Å². The first kappa shape index (κ1) is 9.94. The van der Waals surface area contributed by atoms with E-state index in [2.05, 4.69) is 25.0 Å². The van der Waals surface area contributed by atoms with Crippen LogP contribution in [0.2, 0.25) is 0 Å². The molecule has 0 unspecified atom stereocenters. The van der Waals surface area contributed by atoms with Crippen molar-refractivity contribution in [2.75, 3.05) is 5.73 Å². The summed E-state index contributed by atoms with van der Waals surface area (Å²) in [6, 6.07) is 0. The van der Waals surface area contributed by atoms with Crippen molar-refractivity contribution in [2.45, 2.75) is 13.8 Å². The van der Waals surface area contributed by atoms with Crippen molar-refractivity contribution < 1.29 is 0 Å². The average molecular weight is 191 g/mol. The molecule has 1 aromatic rings. The van der Waals surface area contributed by atoms with Crippen molar-refractivity contribution in [2.24, 2.45) is 10.1 Å². The minimum absolute atomic E-state index is 0.0116. The molecule has 7 nitrogen and oxygen atoms in total. The van der Waals surface area contributed by atoms with Crippen LogP contribution in [-0.4, -0.2) is 16.2 Å². The lowest BCUT2D eigenvalue weighted by Crippen LogP contribution is -1.95. The maximum atomic E-state index is 8.18. The van der Waals surface area contributed by atoms with Crippen LogP contribution in [-0.2, 0) is 0 Å². The van der Waals surface area contributed by atoms with Gasteiger partial charge in [-0.3, -0.25) is 4.99 Å². The number of rotatable bonds is 2. The van der Waals surface area contributed by atoms with Crippen LogP contribution in [0.15, 0.2) is 10.1 Å². The number of hydrogen-bond donors (Lipinski definition) is 1. The molecule has 14 heavy (non-hydrogen) atoms. The standard InChI is InChI=1S/C7H9N7/c1-3-10-5-4(2)11-7(13-14-9)12-6(5)8/h3H,1-2H3,(H2,8,11,12)/b10-3-. The molecule has 0 fully saturated rings. The smallest absolute Gasteiger partial charge is 0.218 e. The molecule has 0 aromatic carbocycles. The van der Waals surface area contributed by atoms with Crippen LogP contribution < -0.4 is 5.73 Å². The molecule has 1 rings (SSSR count). The predicted octanol–water partition coefficient (Wildman–Crippen LogP) is 2.03. The summed E-state index contributed by atoms with van der Waals surface area (Å²) < 4.78 is 0. The van der Waals surface area contributed by atoms with Gasteiger partial charge in [-0.2, -0.15) is 0 Å². The summed E-state index contributed by atoms with van der Waals surface area (Å²) in [5.74, 6) is 0.218. The molecule has 7 heteroatoms. The van der Waals surface area contributed by atoms with Crippen LogP contribution in [0.3, 0.4) is 0 Å². The van der Waals surface area contributed by atoms with E-state index in [1.54, 1.807) is 20.1 Å². The summed E-state index contributed by atoms with van der Waals surface area (Å²) in [7, 11) is 0. The zero-order valence-electron chi connectivity index (χ0n) is 7.84. The second-order valence-corrected chi connectivity index (χ2v) is 2.42. The van der Waals surface area contributed by atoms with E-state index >= 15 is 0 Å². The Kier molecular flexibility index (Phi) is 2.98. The Bertz CT molecular complexity index is 393. The molecule has 0 saturated heterocycles. The molecule has 2 N–H and O–H groups in total. The van der Waals surface area contributed by atoms with Gasteiger partial charge < -0.3 is 5.73 Å². The van der Waals surface area contributed by atoms with Gasteiger partial charge in [0.25, 0.3) is 0 Å². The number of nitrogens with zero attached hydrogens (tertiary/aromatic N) is 6. The lowest BCUT2D eigenvalue weighted by Gasteiger charge is -2.02. The molecule has 0 aliphatic heterocycles. The van der Waals surface area contributed by atoms with Crippen LogP contribution in [0, 0.1) is 6.92 Å². The number of azide groups is 1. The molecule has 72 valence electrons. The molecule has 1 aromatic heterocycles. The van der Waals surface area contributed by atoms with Crippen LogP contribution in [0.25, 0.3) is 10.4 Å². The molecule has 0 aliphatic rings. The van der Waals surface area contributed by atoms with Crippen molar-refractivity contribution in [3.8, 4) is 0 Å². The molecule has 0 atom stereocenters. The molecule has 0 amide bonds. The Morgan fingerprint density at radius 3 is 2.71 bits per heavy atom. The minimum atomic E-state index is 0.0116. The van der Waals surface area contributed by atoms with Gasteiger partial charge in [-0.25, -0.2) is 9.97 Å². The van der Waals surface area contributed by atoms with Crippen molar-refractivity contribution in [3.05, 3.63) is 16.1 Å². The average Bonchev–Trinajstić information content (AvgIpc) is 2.12. The highest BCUT2D eigenvalue weighted by Crippen LogP contribution is 2.24. The summed E-state index contributed by atoms with van der Waals surface area (Å²) in [5.41, 5.74) is 14.9. The second kappa shape index (κ2) is 4.20. The number of nitrogens with two attached hydrogens (primary N) is 1. The van der Waals surface area contributed by atoms with Gasteiger partial charge in [-0.15, -0.1) is 0 Å². The highest BCUT2D eigenvalue weighted by atomic mass is 15.2. The minimum Gasteiger partial charge on any atom is -0.382 e. The van der Waals surface area contributed by atoms with Crippen molar-refractivity contribution in [3.63, 3.8) is 0 Å². The Hall–Kier alpha value is -2.14. The zero-order valence-corrected chi connectivity index (χ0v) is 7.84. The van der Waals surface area contributed by atoms with E-state index in [9.17, 15) is 0 Å². The first-order chi connectivity index (χ1) is 6.69. The first-order valence-corrected chi connectivity index (χ1v) is 3.87.